The quantitative estimate of drug-likeness (QED) is 0.625. The van der Waals surface area contributed by atoms with E-state index in [0.29, 0.717) is 20.5 Å². The van der Waals surface area contributed by atoms with Gasteiger partial charge in [-0.1, -0.05) is 30.0 Å². The number of nitrogens with zero attached hydrogens (tertiary/aromatic N) is 1. The van der Waals surface area contributed by atoms with E-state index in [1.165, 1.54) is 18.1 Å². The number of carbonyl (C=O) groups is 2. The molecule has 8 heteroatoms. The van der Waals surface area contributed by atoms with Gasteiger partial charge in [0.05, 0.1) is 12.0 Å². The predicted molar refractivity (Wildman–Crippen MR) is 84.2 cm³/mol. The number of thioether (sulfide) groups is 1. The fourth-order valence-electron chi connectivity index (χ4n) is 1.84. The number of benzene rings is 1. The van der Waals surface area contributed by atoms with Crippen LogP contribution in [-0.4, -0.2) is 39.9 Å². The molecule has 0 aromatic heterocycles. The number of methoxy groups -OCH3 is 1. The van der Waals surface area contributed by atoms with Crippen molar-refractivity contribution in [3.63, 3.8) is 0 Å². The fourth-order valence-corrected chi connectivity index (χ4v) is 3.15. The molecule has 1 amide bonds. The van der Waals surface area contributed by atoms with Crippen LogP contribution < -0.4 is 9.84 Å². The van der Waals surface area contributed by atoms with Gasteiger partial charge in [0, 0.05) is 18.9 Å². The monoisotopic (exact) mass is 338 g/mol. The fraction of sp³-hybridized carbons (Fsp3) is 0.214. The number of aromatic hydroxyl groups is 1. The lowest BCUT2D eigenvalue weighted by Crippen LogP contribution is -2.33. The van der Waals surface area contributed by atoms with E-state index in [2.05, 4.69) is 0 Å². The summed E-state index contributed by atoms with van der Waals surface area (Å²) in [6, 6.07) is 4.73. The summed E-state index contributed by atoms with van der Waals surface area (Å²) in [6.45, 7) is -0.0157. The highest BCUT2D eigenvalue weighted by atomic mass is 32.2. The van der Waals surface area contributed by atoms with E-state index in [1.54, 1.807) is 18.2 Å². The lowest BCUT2D eigenvalue weighted by atomic mass is 10.2. The van der Waals surface area contributed by atoms with Crippen molar-refractivity contribution in [1.82, 2.24) is 4.90 Å². The Morgan fingerprint density at radius 2 is 2.27 bits per heavy atom. The Morgan fingerprint density at radius 1 is 1.55 bits per heavy atom. The van der Waals surface area contributed by atoms with Gasteiger partial charge in [0.25, 0.3) is 5.91 Å². The van der Waals surface area contributed by atoms with E-state index >= 15 is 0 Å². The molecule has 0 radical (unpaired) electrons. The number of rotatable bonds is 5. The Labute approximate surface area is 136 Å². The number of amides is 1. The number of phenolic OH excluding ortho intramolecular Hbond substituents is 1. The van der Waals surface area contributed by atoms with E-state index in [9.17, 15) is 19.8 Å². The molecule has 0 unspecified atom stereocenters. The SMILES string of the molecule is COc1ccc(/C=C2\SC(=S)N(CCC(=O)[O-])C2=O)cc1O. The smallest absolute Gasteiger partial charge is 0.266 e. The normalized spacial score (nSPS) is 16.4. The van der Waals surface area contributed by atoms with Crippen molar-refractivity contribution < 1.29 is 24.5 Å². The molecule has 1 aromatic carbocycles. The Balaban J connectivity index is 2.19. The van der Waals surface area contributed by atoms with Crippen LogP contribution in [0, 0.1) is 0 Å². The second-order valence-electron chi connectivity index (χ2n) is 4.39. The highest BCUT2D eigenvalue weighted by Gasteiger charge is 2.31. The van der Waals surface area contributed by atoms with Crippen molar-refractivity contribution >= 4 is 46.3 Å². The van der Waals surface area contributed by atoms with Crippen LogP contribution in [0.25, 0.3) is 6.08 Å². The van der Waals surface area contributed by atoms with Crippen LogP contribution in [0.3, 0.4) is 0 Å². The molecule has 0 aliphatic carbocycles. The number of hydrogen-bond acceptors (Lipinski definition) is 7. The Morgan fingerprint density at radius 3 is 2.86 bits per heavy atom. The molecule has 2 rings (SSSR count). The lowest BCUT2D eigenvalue weighted by Gasteiger charge is -2.14. The molecule has 1 saturated heterocycles. The van der Waals surface area contributed by atoms with Gasteiger partial charge in [-0.3, -0.25) is 9.69 Å². The summed E-state index contributed by atoms with van der Waals surface area (Å²) < 4.78 is 5.25. The van der Waals surface area contributed by atoms with Gasteiger partial charge in [0.2, 0.25) is 0 Å². The molecule has 0 saturated carbocycles. The van der Waals surface area contributed by atoms with Gasteiger partial charge in [0.1, 0.15) is 4.32 Å². The van der Waals surface area contributed by atoms with Crippen molar-refractivity contribution in [3.05, 3.63) is 28.7 Å². The van der Waals surface area contributed by atoms with E-state index in [1.807, 2.05) is 0 Å². The maximum atomic E-state index is 12.2. The van der Waals surface area contributed by atoms with Crippen molar-refractivity contribution in [3.8, 4) is 11.5 Å². The number of phenols is 1. The van der Waals surface area contributed by atoms with Gasteiger partial charge < -0.3 is 19.7 Å². The molecule has 0 atom stereocenters. The summed E-state index contributed by atoms with van der Waals surface area (Å²) in [5.41, 5.74) is 0.610. The number of aliphatic carboxylic acids is 1. The van der Waals surface area contributed by atoms with E-state index in [-0.39, 0.29) is 24.6 Å². The minimum absolute atomic E-state index is 0.0157. The third kappa shape index (κ3) is 3.58. The molecule has 1 N–H and O–H groups in total. The van der Waals surface area contributed by atoms with Crippen LogP contribution in [0.4, 0.5) is 0 Å². The number of carbonyl (C=O) groups excluding carboxylic acids is 2. The predicted octanol–water partition coefficient (Wildman–Crippen LogP) is 0.742. The molecule has 6 nitrogen and oxygen atoms in total. The van der Waals surface area contributed by atoms with Gasteiger partial charge in [0.15, 0.2) is 11.5 Å². The summed E-state index contributed by atoms with van der Waals surface area (Å²) in [5, 5.41) is 20.2. The van der Waals surface area contributed by atoms with Crippen molar-refractivity contribution in [2.75, 3.05) is 13.7 Å². The third-order valence-corrected chi connectivity index (χ3v) is 4.29. The zero-order chi connectivity index (χ0) is 16.3. The van der Waals surface area contributed by atoms with Crippen LogP contribution in [0.1, 0.15) is 12.0 Å². The first-order valence-electron chi connectivity index (χ1n) is 6.24. The first kappa shape index (κ1) is 16.3. The van der Waals surface area contributed by atoms with Crippen LogP contribution in [0.5, 0.6) is 11.5 Å². The number of hydrogen-bond donors (Lipinski definition) is 1. The topological polar surface area (TPSA) is 89.9 Å². The van der Waals surface area contributed by atoms with Crippen molar-refractivity contribution in [2.24, 2.45) is 0 Å². The molecule has 22 heavy (non-hydrogen) atoms. The molecule has 116 valence electrons. The highest BCUT2D eigenvalue weighted by molar-refractivity contribution is 8.26. The third-order valence-electron chi connectivity index (χ3n) is 2.91. The standard InChI is InChI=1S/C14H13NO5S2/c1-20-10-3-2-8(6-9(10)16)7-11-13(19)15(14(21)22-11)5-4-12(17)18/h2-3,6-7,16H,4-5H2,1H3,(H,17,18)/p-1/b11-7-. The van der Waals surface area contributed by atoms with Crippen molar-refractivity contribution in [2.45, 2.75) is 6.42 Å². The Bertz CT molecular complexity index is 671. The molecular formula is C14H12NO5S2-. The van der Waals surface area contributed by atoms with E-state index in [0.717, 1.165) is 11.8 Å². The van der Waals surface area contributed by atoms with Crippen LogP contribution in [0.2, 0.25) is 0 Å². The molecule has 1 aliphatic rings. The van der Waals surface area contributed by atoms with Gasteiger partial charge in [-0.2, -0.15) is 0 Å². The van der Waals surface area contributed by atoms with Gasteiger partial charge in [-0.25, -0.2) is 0 Å². The number of ether oxygens (including phenoxy) is 1. The van der Waals surface area contributed by atoms with Gasteiger partial charge in [-0.15, -0.1) is 0 Å². The minimum Gasteiger partial charge on any atom is -0.550 e. The Hall–Kier alpha value is -2.06. The minimum atomic E-state index is -1.24. The number of carboxylic acids is 1. The first-order chi connectivity index (χ1) is 10.4. The maximum Gasteiger partial charge on any atom is 0.266 e. The lowest BCUT2D eigenvalue weighted by molar-refractivity contribution is -0.305. The van der Waals surface area contributed by atoms with Crippen LogP contribution in [0.15, 0.2) is 23.1 Å². The van der Waals surface area contributed by atoms with E-state index in [4.69, 9.17) is 17.0 Å². The largest absolute Gasteiger partial charge is 0.550 e. The second kappa shape index (κ2) is 6.80. The van der Waals surface area contributed by atoms with E-state index < -0.39 is 5.97 Å². The molecule has 1 aromatic rings. The average molecular weight is 338 g/mol. The first-order valence-corrected chi connectivity index (χ1v) is 7.47. The second-order valence-corrected chi connectivity index (χ2v) is 6.06. The summed E-state index contributed by atoms with van der Waals surface area (Å²) in [7, 11) is 1.44. The number of thiocarbonyl (C=S) groups is 1. The van der Waals surface area contributed by atoms with Gasteiger partial charge in [-0.05, 0) is 23.8 Å². The summed E-state index contributed by atoms with van der Waals surface area (Å²) in [4.78, 5) is 24.3. The Kier molecular flexibility index (Phi) is 5.04. The van der Waals surface area contributed by atoms with Crippen molar-refractivity contribution in [1.29, 1.82) is 0 Å². The summed E-state index contributed by atoms with van der Waals surface area (Å²) in [5.74, 6) is -1.30. The molecular weight excluding hydrogens is 326 g/mol. The number of carboxylic acid groups (broad SMARTS) is 1. The zero-order valence-corrected chi connectivity index (χ0v) is 13.2. The summed E-state index contributed by atoms with van der Waals surface area (Å²) in [6.07, 6.45) is 1.31. The zero-order valence-electron chi connectivity index (χ0n) is 11.6. The maximum absolute atomic E-state index is 12.2. The molecule has 1 heterocycles. The molecule has 0 bridgehead atoms. The molecule has 1 fully saturated rings. The highest BCUT2D eigenvalue weighted by Crippen LogP contribution is 2.34. The van der Waals surface area contributed by atoms with Crippen LogP contribution >= 0.6 is 24.0 Å². The molecule has 1 aliphatic heterocycles. The summed E-state index contributed by atoms with van der Waals surface area (Å²) >= 11 is 6.16. The average Bonchev–Trinajstić information content (AvgIpc) is 2.71. The van der Waals surface area contributed by atoms with Gasteiger partial charge >= 0.3 is 0 Å². The molecule has 0 spiro atoms. The van der Waals surface area contributed by atoms with Crippen LogP contribution in [-0.2, 0) is 9.59 Å².